The van der Waals surface area contributed by atoms with Gasteiger partial charge in [0, 0.05) is 15.8 Å². The van der Waals surface area contributed by atoms with Crippen LogP contribution in [0.5, 0.6) is 0 Å². The van der Waals surface area contributed by atoms with Crippen molar-refractivity contribution in [2.75, 3.05) is 6.54 Å². The van der Waals surface area contributed by atoms with E-state index in [1.165, 1.54) is 22.1 Å². The standard InChI is InChI=1S/C18H22FNS/c1-5-20-14(4)16-11-15(19)7-9-18(16)21-17-8-6-12(2)10-13(17)3/h6-11,14,20H,5H2,1-4H3. The number of hydrogen-bond donors (Lipinski definition) is 1. The van der Waals surface area contributed by atoms with E-state index in [0.717, 1.165) is 17.0 Å². The van der Waals surface area contributed by atoms with Crippen molar-refractivity contribution in [3.63, 3.8) is 0 Å². The molecule has 0 fully saturated rings. The number of nitrogens with one attached hydrogen (secondary N) is 1. The van der Waals surface area contributed by atoms with Gasteiger partial charge in [-0.1, -0.05) is 36.4 Å². The summed E-state index contributed by atoms with van der Waals surface area (Å²) in [5, 5.41) is 3.36. The van der Waals surface area contributed by atoms with Crippen LogP contribution in [0.25, 0.3) is 0 Å². The molecule has 112 valence electrons. The highest BCUT2D eigenvalue weighted by Gasteiger charge is 2.13. The van der Waals surface area contributed by atoms with E-state index in [-0.39, 0.29) is 11.9 Å². The van der Waals surface area contributed by atoms with Crippen LogP contribution in [0.2, 0.25) is 0 Å². The molecule has 0 amide bonds. The van der Waals surface area contributed by atoms with Gasteiger partial charge in [0.15, 0.2) is 0 Å². The van der Waals surface area contributed by atoms with Gasteiger partial charge >= 0.3 is 0 Å². The number of halogens is 1. The van der Waals surface area contributed by atoms with E-state index in [1.54, 1.807) is 17.8 Å². The molecule has 2 rings (SSSR count). The van der Waals surface area contributed by atoms with Crippen LogP contribution in [0.4, 0.5) is 4.39 Å². The first kappa shape index (κ1) is 16.1. The fourth-order valence-electron chi connectivity index (χ4n) is 2.40. The predicted molar refractivity (Wildman–Crippen MR) is 88.5 cm³/mol. The first-order chi connectivity index (χ1) is 10.0. The molecule has 0 radical (unpaired) electrons. The Bertz CT molecular complexity index is 625. The van der Waals surface area contributed by atoms with Crippen molar-refractivity contribution in [3.8, 4) is 0 Å². The van der Waals surface area contributed by atoms with Gasteiger partial charge < -0.3 is 5.32 Å². The molecule has 0 spiro atoms. The van der Waals surface area contributed by atoms with Crippen molar-refractivity contribution in [2.24, 2.45) is 0 Å². The highest BCUT2D eigenvalue weighted by atomic mass is 32.2. The number of aryl methyl sites for hydroxylation is 2. The molecule has 1 nitrogen and oxygen atoms in total. The molecule has 2 aromatic rings. The van der Waals surface area contributed by atoms with Crippen molar-refractivity contribution >= 4 is 11.8 Å². The molecule has 2 aromatic carbocycles. The van der Waals surface area contributed by atoms with E-state index in [4.69, 9.17) is 0 Å². The molecular formula is C18H22FNS. The maximum atomic E-state index is 13.6. The first-order valence-corrected chi connectivity index (χ1v) is 8.11. The number of benzene rings is 2. The molecule has 1 N–H and O–H groups in total. The average molecular weight is 303 g/mol. The second kappa shape index (κ2) is 7.10. The topological polar surface area (TPSA) is 12.0 Å². The van der Waals surface area contributed by atoms with Crippen LogP contribution >= 0.6 is 11.8 Å². The molecule has 1 atom stereocenters. The Balaban J connectivity index is 2.34. The highest BCUT2D eigenvalue weighted by Crippen LogP contribution is 2.35. The van der Waals surface area contributed by atoms with Gasteiger partial charge in [0.05, 0.1) is 0 Å². The molecule has 0 aliphatic carbocycles. The predicted octanol–water partition coefficient (Wildman–Crippen LogP) is 5.26. The summed E-state index contributed by atoms with van der Waals surface area (Å²) >= 11 is 1.71. The molecule has 0 saturated heterocycles. The van der Waals surface area contributed by atoms with Gasteiger partial charge in [-0.05, 0) is 62.7 Å². The summed E-state index contributed by atoms with van der Waals surface area (Å²) < 4.78 is 13.6. The zero-order chi connectivity index (χ0) is 15.4. The van der Waals surface area contributed by atoms with Crippen molar-refractivity contribution < 1.29 is 4.39 Å². The van der Waals surface area contributed by atoms with Gasteiger partial charge in [0.25, 0.3) is 0 Å². The summed E-state index contributed by atoms with van der Waals surface area (Å²) in [7, 11) is 0. The third kappa shape index (κ3) is 4.08. The minimum atomic E-state index is -0.181. The number of hydrogen-bond acceptors (Lipinski definition) is 2. The second-order valence-corrected chi connectivity index (χ2v) is 6.42. The van der Waals surface area contributed by atoms with E-state index in [1.807, 2.05) is 6.07 Å². The largest absolute Gasteiger partial charge is 0.310 e. The van der Waals surface area contributed by atoms with Gasteiger partial charge in [0.2, 0.25) is 0 Å². The molecule has 0 aliphatic rings. The summed E-state index contributed by atoms with van der Waals surface area (Å²) in [6, 6.07) is 11.6. The van der Waals surface area contributed by atoms with E-state index in [0.29, 0.717) is 0 Å². The van der Waals surface area contributed by atoms with Gasteiger partial charge in [-0.25, -0.2) is 4.39 Å². The van der Waals surface area contributed by atoms with E-state index in [9.17, 15) is 4.39 Å². The van der Waals surface area contributed by atoms with Gasteiger partial charge in [-0.15, -0.1) is 0 Å². The van der Waals surface area contributed by atoms with Crippen LogP contribution < -0.4 is 5.32 Å². The SMILES string of the molecule is CCNC(C)c1cc(F)ccc1Sc1ccc(C)cc1C. The van der Waals surface area contributed by atoms with Crippen molar-refractivity contribution in [2.45, 2.75) is 43.5 Å². The minimum absolute atomic E-state index is 0.138. The zero-order valence-electron chi connectivity index (χ0n) is 13.0. The van der Waals surface area contributed by atoms with E-state index < -0.39 is 0 Å². The maximum Gasteiger partial charge on any atom is 0.123 e. The Morgan fingerprint density at radius 2 is 1.81 bits per heavy atom. The maximum absolute atomic E-state index is 13.6. The van der Waals surface area contributed by atoms with Gasteiger partial charge in [-0.3, -0.25) is 0 Å². The Labute approximate surface area is 131 Å². The molecule has 0 saturated carbocycles. The third-order valence-electron chi connectivity index (χ3n) is 3.50. The molecular weight excluding hydrogens is 281 g/mol. The first-order valence-electron chi connectivity index (χ1n) is 7.29. The lowest BCUT2D eigenvalue weighted by Gasteiger charge is -2.17. The molecule has 21 heavy (non-hydrogen) atoms. The molecule has 1 unspecified atom stereocenters. The minimum Gasteiger partial charge on any atom is -0.310 e. The number of rotatable bonds is 5. The van der Waals surface area contributed by atoms with Crippen LogP contribution in [0, 0.1) is 19.7 Å². The molecule has 3 heteroatoms. The summed E-state index contributed by atoms with van der Waals surface area (Å²) in [5.41, 5.74) is 3.53. The van der Waals surface area contributed by atoms with Crippen LogP contribution in [0.1, 0.15) is 36.6 Å². The van der Waals surface area contributed by atoms with Gasteiger partial charge in [0.1, 0.15) is 5.82 Å². The Hall–Kier alpha value is -1.32. The Kier molecular flexibility index (Phi) is 5.43. The summed E-state index contributed by atoms with van der Waals surface area (Å²) in [4.78, 5) is 2.33. The summed E-state index contributed by atoms with van der Waals surface area (Å²) in [5.74, 6) is -0.181. The molecule has 0 aromatic heterocycles. The van der Waals surface area contributed by atoms with Crippen LogP contribution in [-0.4, -0.2) is 6.54 Å². The molecule has 0 bridgehead atoms. The fraction of sp³-hybridized carbons (Fsp3) is 0.333. The third-order valence-corrected chi connectivity index (χ3v) is 4.77. The van der Waals surface area contributed by atoms with Gasteiger partial charge in [-0.2, -0.15) is 0 Å². The lowest BCUT2D eigenvalue weighted by molar-refractivity contribution is 0.574. The van der Waals surface area contributed by atoms with E-state index >= 15 is 0 Å². The molecule has 0 heterocycles. The molecule has 0 aliphatic heterocycles. The van der Waals surface area contributed by atoms with Crippen molar-refractivity contribution in [3.05, 3.63) is 58.9 Å². The van der Waals surface area contributed by atoms with Crippen LogP contribution in [-0.2, 0) is 0 Å². The van der Waals surface area contributed by atoms with E-state index in [2.05, 4.69) is 51.2 Å². The quantitative estimate of drug-likeness (QED) is 0.808. The van der Waals surface area contributed by atoms with Crippen molar-refractivity contribution in [1.82, 2.24) is 5.32 Å². The lowest BCUT2D eigenvalue weighted by Crippen LogP contribution is -2.18. The smallest absolute Gasteiger partial charge is 0.123 e. The highest BCUT2D eigenvalue weighted by molar-refractivity contribution is 7.99. The lowest BCUT2D eigenvalue weighted by atomic mass is 10.1. The normalized spacial score (nSPS) is 12.4. The fourth-order valence-corrected chi connectivity index (χ4v) is 3.48. The average Bonchev–Trinajstić information content (AvgIpc) is 2.43. The van der Waals surface area contributed by atoms with Crippen LogP contribution in [0.3, 0.4) is 0 Å². The zero-order valence-corrected chi connectivity index (χ0v) is 13.9. The monoisotopic (exact) mass is 303 g/mol. The van der Waals surface area contributed by atoms with Crippen LogP contribution in [0.15, 0.2) is 46.2 Å². The Morgan fingerprint density at radius 1 is 1.10 bits per heavy atom. The Morgan fingerprint density at radius 3 is 2.48 bits per heavy atom. The summed E-state index contributed by atoms with van der Waals surface area (Å²) in [6.07, 6.45) is 0. The second-order valence-electron chi connectivity index (χ2n) is 5.33. The van der Waals surface area contributed by atoms with Crippen molar-refractivity contribution in [1.29, 1.82) is 0 Å². The summed E-state index contributed by atoms with van der Waals surface area (Å²) in [6.45, 7) is 9.21.